The minimum Gasteiger partial charge on any atom is -0.497 e. The summed E-state index contributed by atoms with van der Waals surface area (Å²) in [6.07, 6.45) is 3.95. The minimum absolute atomic E-state index is 0.00119. The first-order valence-electron chi connectivity index (χ1n) is 15.5. The molecule has 1 aliphatic carbocycles. The lowest BCUT2D eigenvalue weighted by molar-refractivity contribution is -0.140. The normalized spacial score (nSPS) is 13.9. The van der Waals surface area contributed by atoms with Crippen molar-refractivity contribution in [2.75, 3.05) is 18.0 Å². The zero-order valence-corrected chi connectivity index (χ0v) is 29.4. The molecule has 1 fully saturated rings. The number of benzene rings is 4. The predicted octanol–water partition coefficient (Wildman–Crippen LogP) is 7.55. The third-order valence-corrected chi connectivity index (χ3v) is 11.1. The van der Waals surface area contributed by atoms with Crippen molar-refractivity contribution >= 4 is 62.3 Å². The van der Waals surface area contributed by atoms with Crippen LogP contribution in [0.2, 0.25) is 15.1 Å². The molecule has 252 valence electrons. The molecule has 4 aromatic carbocycles. The molecule has 0 heterocycles. The summed E-state index contributed by atoms with van der Waals surface area (Å²) < 4.78 is 34.7. The number of methoxy groups -OCH3 is 1. The quantitative estimate of drug-likeness (QED) is 0.154. The molecular weight excluding hydrogens is 693 g/mol. The summed E-state index contributed by atoms with van der Waals surface area (Å²) in [7, 11) is -2.80. The fraction of sp³-hybridized carbons (Fsp3) is 0.278. The number of sulfonamides is 1. The smallest absolute Gasteiger partial charge is 0.264 e. The second-order valence-electron chi connectivity index (χ2n) is 11.6. The van der Waals surface area contributed by atoms with Crippen LogP contribution in [0.25, 0.3) is 0 Å². The zero-order chi connectivity index (χ0) is 34.3. The Hall–Kier alpha value is -3.76. The molecule has 1 aliphatic rings. The van der Waals surface area contributed by atoms with Gasteiger partial charge >= 0.3 is 0 Å². The van der Waals surface area contributed by atoms with E-state index in [1.807, 2.05) is 30.3 Å². The van der Waals surface area contributed by atoms with Crippen molar-refractivity contribution in [2.45, 2.75) is 55.6 Å². The summed E-state index contributed by atoms with van der Waals surface area (Å²) >= 11 is 18.7. The molecule has 5 rings (SSSR count). The van der Waals surface area contributed by atoms with Crippen LogP contribution in [0, 0.1) is 0 Å². The maximum absolute atomic E-state index is 14.6. The molecule has 8 nitrogen and oxygen atoms in total. The topological polar surface area (TPSA) is 96.0 Å². The van der Waals surface area contributed by atoms with E-state index in [1.165, 1.54) is 48.4 Å². The standard InChI is InChI=1S/C36H36Cl3N3O5S/c1-47-30-16-18-31(19-17-30)48(45,46)42(29-14-12-27(37)13-15-29)24-35(43)41(23-26-11-20-32(38)33(39)21-26)34(22-25-7-3-2-4-8-25)36(44)40-28-9-5-6-10-28/h2-4,7-8,11-21,28,34H,5-6,9-10,22-24H2,1H3,(H,40,44)/t34-/m0/s1. The van der Waals surface area contributed by atoms with E-state index < -0.39 is 28.5 Å². The van der Waals surface area contributed by atoms with E-state index in [9.17, 15) is 18.0 Å². The number of amides is 2. The molecule has 0 spiro atoms. The Balaban J connectivity index is 1.57. The van der Waals surface area contributed by atoms with Gasteiger partial charge in [0.25, 0.3) is 10.0 Å². The summed E-state index contributed by atoms with van der Waals surface area (Å²) in [6.45, 7) is -0.623. The van der Waals surface area contributed by atoms with Crippen molar-refractivity contribution in [1.82, 2.24) is 10.2 Å². The van der Waals surface area contributed by atoms with Crippen molar-refractivity contribution in [1.29, 1.82) is 0 Å². The fourth-order valence-electron chi connectivity index (χ4n) is 5.77. The van der Waals surface area contributed by atoms with Gasteiger partial charge in [0.2, 0.25) is 11.8 Å². The van der Waals surface area contributed by atoms with Crippen LogP contribution in [0.5, 0.6) is 5.75 Å². The molecule has 0 bridgehead atoms. The number of anilines is 1. The molecule has 1 N–H and O–H groups in total. The molecule has 48 heavy (non-hydrogen) atoms. The second-order valence-corrected chi connectivity index (χ2v) is 14.7. The fourth-order valence-corrected chi connectivity index (χ4v) is 7.63. The Morgan fingerprint density at radius 2 is 1.52 bits per heavy atom. The van der Waals surface area contributed by atoms with Gasteiger partial charge in [-0.15, -0.1) is 0 Å². The number of nitrogens with zero attached hydrogens (tertiary/aromatic N) is 2. The van der Waals surface area contributed by atoms with E-state index in [0.717, 1.165) is 35.6 Å². The first kappa shape index (κ1) is 35.5. The highest BCUT2D eigenvalue weighted by Gasteiger charge is 2.35. The molecule has 2 amide bonds. The van der Waals surface area contributed by atoms with E-state index in [4.69, 9.17) is 39.5 Å². The van der Waals surface area contributed by atoms with Gasteiger partial charge in [0, 0.05) is 24.0 Å². The second kappa shape index (κ2) is 16.1. The van der Waals surface area contributed by atoms with Crippen LogP contribution in [0.1, 0.15) is 36.8 Å². The summed E-state index contributed by atoms with van der Waals surface area (Å²) in [6, 6.07) is 25.5. The van der Waals surface area contributed by atoms with Crippen molar-refractivity contribution in [3.63, 3.8) is 0 Å². The average Bonchev–Trinajstić information content (AvgIpc) is 3.60. The monoisotopic (exact) mass is 727 g/mol. The highest BCUT2D eigenvalue weighted by molar-refractivity contribution is 7.92. The number of carbonyl (C=O) groups excluding carboxylic acids is 2. The maximum Gasteiger partial charge on any atom is 0.264 e. The highest BCUT2D eigenvalue weighted by atomic mass is 35.5. The Labute approximate surface area is 296 Å². The zero-order valence-electron chi connectivity index (χ0n) is 26.3. The molecule has 0 aromatic heterocycles. The summed E-state index contributed by atoms with van der Waals surface area (Å²) in [5.41, 5.74) is 1.70. The summed E-state index contributed by atoms with van der Waals surface area (Å²) in [5.74, 6) is -0.418. The largest absolute Gasteiger partial charge is 0.497 e. The van der Waals surface area contributed by atoms with Gasteiger partial charge in [-0.1, -0.05) is 84.0 Å². The van der Waals surface area contributed by atoms with Gasteiger partial charge in [-0.05, 0) is 84.6 Å². The Kier molecular flexibility index (Phi) is 11.9. The van der Waals surface area contributed by atoms with Crippen molar-refractivity contribution in [2.24, 2.45) is 0 Å². The Bertz CT molecular complexity index is 1820. The number of halogens is 3. The van der Waals surface area contributed by atoms with E-state index in [-0.39, 0.29) is 35.5 Å². The molecule has 0 unspecified atom stereocenters. The van der Waals surface area contributed by atoms with Crippen LogP contribution in [0.4, 0.5) is 5.69 Å². The van der Waals surface area contributed by atoms with Crippen molar-refractivity contribution in [3.8, 4) is 5.75 Å². The van der Waals surface area contributed by atoms with Gasteiger partial charge < -0.3 is 15.0 Å². The summed E-state index contributed by atoms with van der Waals surface area (Å²) in [5, 5.41) is 4.20. The third-order valence-electron chi connectivity index (χ3n) is 8.35. The van der Waals surface area contributed by atoms with Crippen molar-refractivity contribution in [3.05, 3.63) is 123 Å². The number of nitrogens with one attached hydrogen (secondary N) is 1. The minimum atomic E-state index is -4.28. The van der Waals surface area contributed by atoms with E-state index in [0.29, 0.717) is 26.4 Å². The molecular formula is C36H36Cl3N3O5S. The van der Waals surface area contributed by atoms with E-state index >= 15 is 0 Å². The Morgan fingerprint density at radius 1 is 0.854 bits per heavy atom. The summed E-state index contributed by atoms with van der Waals surface area (Å²) in [4.78, 5) is 30.2. The average molecular weight is 729 g/mol. The van der Waals surface area contributed by atoms with E-state index in [2.05, 4.69) is 5.32 Å². The lowest BCUT2D eigenvalue weighted by Gasteiger charge is -2.34. The molecule has 1 saturated carbocycles. The molecule has 0 aliphatic heterocycles. The van der Waals surface area contributed by atoms with Crippen LogP contribution in [0.3, 0.4) is 0 Å². The number of ether oxygens (including phenoxy) is 1. The lowest BCUT2D eigenvalue weighted by Crippen LogP contribution is -2.54. The lowest BCUT2D eigenvalue weighted by atomic mass is 10.0. The van der Waals surface area contributed by atoms with Gasteiger partial charge in [-0.2, -0.15) is 0 Å². The number of hydrogen-bond acceptors (Lipinski definition) is 5. The highest BCUT2D eigenvalue weighted by Crippen LogP contribution is 2.29. The van der Waals surface area contributed by atoms with Gasteiger partial charge in [0.15, 0.2) is 0 Å². The molecule has 12 heteroatoms. The maximum atomic E-state index is 14.6. The van der Waals surface area contributed by atoms with Gasteiger partial charge in [-0.25, -0.2) is 8.42 Å². The first-order valence-corrected chi connectivity index (χ1v) is 18.1. The first-order chi connectivity index (χ1) is 23.0. The SMILES string of the molecule is COc1ccc(S(=O)(=O)N(CC(=O)N(Cc2ccc(Cl)c(Cl)c2)[C@@H](Cc2ccccc2)C(=O)NC2CCCC2)c2ccc(Cl)cc2)cc1. The molecule has 0 radical (unpaired) electrons. The van der Waals surface area contributed by atoms with E-state index in [1.54, 1.807) is 30.3 Å². The number of rotatable bonds is 13. The van der Waals surface area contributed by atoms with Gasteiger partial charge in [0.05, 0.1) is 27.7 Å². The Morgan fingerprint density at radius 3 is 2.15 bits per heavy atom. The van der Waals surface area contributed by atoms with Crippen LogP contribution >= 0.6 is 34.8 Å². The van der Waals surface area contributed by atoms with Crippen LogP contribution < -0.4 is 14.4 Å². The molecule has 0 saturated heterocycles. The van der Waals surface area contributed by atoms with Crippen LogP contribution in [-0.2, 0) is 32.6 Å². The van der Waals surface area contributed by atoms with Crippen LogP contribution in [-0.4, -0.2) is 50.9 Å². The molecule has 1 atom stereocenters. The van der Waals surface area contributed by atoms with Crippen molar-refractivity contribution < 1.29 is 22.7 Å². The van der Waals surface area contributed by atoms with Crippen LogP contribution in [0.15, 0.2) is 102 Å². The predicted molar refractivity (Wildman–Crippen MR) is 190 cm³/mol. The number of carbonyl (C=O) groups is 2. The third kappa shape index (κ3) is 8.82. The molecule has 4 aromatic rings. The van der Waals surface area contributed by atoms with Gasteiger partial charge in [0.1, 0.15) is 18.3 Å². The number of hydrogen-bond donors (Lipinski definition) is 1. The van der Waals surface area contributed by atoms with Gasteiger partial charge in [-0.3, -0.25) is 13.9 Å².